The summed E-state index contributed by atoms with van der Waals surface area (Å²) in [5, 5.41) is 5.12. The van der Waals surface area contributed by atoms with Crippen LogP contribution < -0.4 is 5.32 Å². The van der Waals surface area contributed by atoms with Crippen LogP contribution in [-0.4, -0.2) is 15.5 Å². The standard InChI is InChI=1S/C22H19N3O/c1-3-8-17-16-11-4-5-13-19(16)25(2)21(17)22(26)24-18-12-6-9-15-10-7-14-23-20(15)18/h3-7,9-14H,1,8H2,2H3,(H,24,26). The predicted molar refractivity (Wildman–Crippen MR) is 107 cm³/mol. The highest BCUT2D eigenvalue weighted by molar-refractivity contribution is 6.11. The fourth-order valence-electron chi connectivity index (χ4n) is 3.50. The number of allylic oxidation sites excluding steroid dienone is 1. The van der Waals surface area contributed by atoms with Gasteiger partial charge in [-0.3, -0.25) is 9.78 Å². The largest absolute Gasteiger partial charge is 0.339 e. The van der Waals surface area contributed by atoms with Crippen molar-refractivity contribution >= 4 is 33.4 Å². The van der Waals surface area contributed by atoms with E-state index in [-0.39, 0.29) is 5.91 Å². The van der Waals surface area contributed by atoms with Crippen molar-refractivity contribution in [2.45, 2.75) is 6.42 Å². The second kappa shape index (κ2) is 6.48. The summed E-state index contributed by atoms with van der Waals surface area (Å²) in [7, 11) is 1.92. The van der Waals surface area contributed by atoms with E-state index in [4.69, 9.17) is 0 Å². The predicted octanol–water partition coefficient (Wildman–Crippen LogP) is 4.71. The molecule has 128 valence electrons. The topological polar surface area (TPSA) is 46.9 Å². The number of anilines is 1. The van der Waals surface area contributed by atoms with Crippen molar-refractivity contribution in [1.82, 2.24) is 9.55 Å². The molecule has 0 bridgehead atoms. The van der Waals surface area contributed by atoms with Gasteiger partial charge in [-0.25, -0.2) is 0 Å². The van der Waals surface area contributed by atoms with Crippen molar-refractivity contribution in [2.24, 2.45) is 7.05 Å². The molecule has 1 amide bonds. The smallest absolute Gasteiger partial charge is 0.272 e. The summed E-state index contributed by atoms with van der Waals surface area (Å²) in [6.07, 6.45) is 4.20. The van der Waals surface area contributed by atoms with Crippen molar-refractivity contribution in [3.05, 3.63) is 84.7 Å². The molecule has 0 aliphatic carbocycles. The maximum Gasteiger partial charge on any atom is 0.272 e. The number of carbonyl (C=O) groups is 1. The second-order valence-electron chi connectivity index (χ2n) is 6.23. The zero-order valence-electron chi connectivity index (χ0n) is 14.6. The minimum atomic E-state index is -0.140. The molecule has 0 spiro atoms. The molecule has 26 heavy (non-hydrogen) atoms. The van der Waals surface area contributed by atoms with Crippen LogP contribution in [0, 0.1) is 0 Å². The summed E-state index contributed by atoms with van der Waals surface area (Å²) < 4.78 is 1.95. The van der Waals surface area contributed by atoms with Crippen molar-refractivity contribution in [3.63, 3.8) is 0 Å². The summed E-state index contributed by atoms with van der Waals surface area (Å²) in [5.41, 5.74) is 4.17. The Labute approximate surface area is 151 Å². The number of para-hydroxylation sites is 2. The Kier molecular flexibility index (Phi) is 4.01. The molecule has 4 rings (SSSR count). The lowest BCUT2D eigenvalue weighted by Crippen LogP contribution is -2.17. The molecule has 0 aliphatic rings. The third-order valence-electron chi connectivity index (χ3n) is 4.66. The van der Waals surface area contributed by atoms with Crippen molar-refractivity contribution in [1.29, 1.82) is 0 Å². The fraction of sp³-hybridized carbons (Fsp3) is 0.0909. The van der Waals surface area contributed by atoms with Gasteiger partial charge in [0, 0.05) is 29.5 Å². The van der Waals surface area contributed by atoms with E-state index >= 15 is 0 Å². The SMILES string of the molecule is C=CCc1c(C(=O)Nc2cccc3cccnc23)n(C)c2ccccc12. The lowest BCUT2D eigenvalue weighted by Gasteiger charge is -2.10. The molecule has 2 aromatic carbocycles. The first-order chi connectivity index (χ1) is 12.7. The number of nitrogens with zero attached hydrogens (tertiary/aromatic N) is 2. The molecular weight excluding hydrogens is 322 g/mol. The van der Waals surface area contributed by atoms with Gasteiger partial charge in [0.05, 0.1) is 11.2 Å². The average molecular weight is 341 g/mol. The van der Waals surface area contributed by atoms with Gasteiger partial charge >= 0.3 is 0 Å². The fourth-order valence-corrected chi connectivity index (χ4v) is 3.50. The highest BCUT2D eigenvalue weighted by Gasteiger charge is 2.20. The molecule has 0 saturated heterocycles. The number of fused-ring (bicyclic) bond motifs is 2. The number of nitrogens with one attached hydrogen (secondary N) is 1. The number of benzene rings is 2. The molecule has 4 nitrogen and oxygen atoms in total. The molecule has 2 aromatic heterocycles. The highest BCUT2D eigenvalue weighted by atomic mass is 16.2. The first-order valence-corrected chi connectivity index (χ1v) is 8.53. The Bertz CT molecular complexity index is 1140. The van der Waals surface area contributed by atoms with Gasteiger partial charge in [-0.15, -0.1) is 6.58 Å². The average Bonchev–Trinajstić information content (AvgIpc) is 2.95. The van der Waals surface area contributed by atoms with E-state index in [1.165, 1.54) is 0 Å². The van der Waals surface area contributed by atoms with E-state index in [1.54, 1.807) is 6.20 Å². The maximum atomic E-state index is 13.1. The van der Waals surface area contributed by atoms with Crippen LogP contribution in [0.25, 0.3) is 21.8 Å². The quantitative estimate of drug-likeness (QED) is 0.547. The first-order valence-electron chi connectivity index (χ1n) is 8.53. The van der Waals surface area contributed by atoms with Crippen molar-refractivity contribution in [2.75, 3.05) is 5.32 Å². The number of aryl methyl sites for hydroxylation is 1. The first kappa shape index (κ1) is 16.1. The Balaban J connectivity index is 1.82. The summed E-state index contributed by atoms with van der Waals surface area (Å²) in [6, 6.07) is 17.7. The van der Waals surface area contributed by atoms with Crippen LogP contribution in [-0.2, 0) is 13.5 Å². The molecule has 4 aromatic rings. The van der Waals surface area contributed by atoms with Gasteiger partial charge in [-0.05, 0) is 30.2 Å². The summed E-state index contributed by atoms with van der Waals surface area (Å²) >= 11 is 0. The van der Waals surface area contributed by atoms with Crippen molar-refractivity contribution < 1.29 is 4.79 Å². The highest BCUT2D eigenvalue weighted by Crippen LogP contribution is 2.28. The van der Waals surface area contributed by atoms with Gasteiger partial charge in [0.1, 0.15) is 5.69 Å². The third kappa shape index (κ3) is 2.56. The van der Waals surface area contributed by atoms with Crippen LogP contribution in [0.1, 0.15) is 16.1 Å². The second-order valence-corrected chi connectivity index (χ2v) is 6.23. The monoisotopic (exact) mass is 341 g/mol. The van der Waals surface area contributed by atoms with E-state index in [2.05, 4.69) is 16.9 Å². The zero-order chi connectivity index (χ0) is 18.1. The van der Waals surface area contributed by atoms with E-state index in [0.717, 1.165) is 27.4 Å². The van der Waals surface area contributed by atoms with Crippen LogP contribution in [0.4, 0.5) is 5.69 Å². The molecule has 0 saturated carbocycles. The molecule has 1 N–H and O–H groups in total. The maximum absolute atomic E-state index is 13.1. The number of hydrogen-bond acceptors (Lipinski definition) is 2. The van der Waals surface area contributed by atoms with E-state index in [1.807, 2.05) is 72.3 Å². The number of carbonyl (C=O) groups excluding carboxylic acids is 1. The van der Waals surface area contributed by atoms with Gasteiger partial charge in [-0.1, -0.05) is 42.5 Å². The zero-order valence-corrected chi connectivity index (χ0v) is 14.6. The number of aromatic nitrogens is 2. The van der Waals surface area contributed by atoms with Crippen LogP contribution >= 0.6 is 0 Å². The van der Waals surface area contributed by atoms with Crippen LogP contribution in [0.3, 0.4) is 0 Å². The minimum Gasteiger partial charge on any atom is -0.339 e. The Morgan fingerprint density at radius 2 is 1.96 bits per heavy atom. The molecule has 4 heteroatoms. The van der Waals surface area contributed by atoms with Gasteiger partial charge < -0.3 is 9.88 Å². The van der Waals surface area contributed by atoms with E-state index in [0.29, 0.717) is 17.8 Å². The molecule has 0 atom stereocenters. The van der Waals surface area contributed by atoms with Gasteiger partial charge in [0.2, 0.25) is 0 Å². The van der Waals surface area contributed by atoms with Crippen LogP contribution in [0.2, 0.25) is 0 Å². The van der Waals surface area contributed by atoms with Crippen LogP contribution in [0.15, 0.2) is 73.4 Å². The lowest BCUT2D eigenvalue weighted by atomic mass is 10.1. The minimum absolute atomic E-state index is 0.140. The number of hydrogen-bond donors (Lipinski definition) is 1. The van der Waals surface area contributed by atoms with Gasteiger partial charge in [-0.2, -0.15) is 0 Å². The Hall–Kier alpha value is -3.40. The van der Waals surface area contributed by atoms with Crippen LogP contribution in [0.5, 0.6) is 0 Å². The number of amides is 1. The number of pyridine rings is 1. The normalized spacial score (nSPS) is 11.0. The molecule has 0 aliphatic heterocycles. The molecule has 2 heterocycles. The summed E-state index contributed by atoms with van der Waals surface area (Å²) in [5.74, 6) is -0.140. The van der Waals surface area contributed by atoms with E-state index in [9.17, 15) is 4.79 Å². The third-order valence-corrected chi connectivity index (χ3v) is 4.66. The molecule has 0 fully saturated rings. The van der Waals surface area contributed by atoms with Crippen molar-refractivity contribution in [3.8, 4) is 0 Å². The molecule has 0 radical (unpaired) electrons. The number of rotatable bonds is 4. The summed E-state index contributed by atoms with van der Waals surface area (Å²) in [4.78, 5) is 17.6. The Morgan fingerprint density at radius 1 is 1.15 bits per heavy atom. The van der Waals surface area contributed by atoms with E-state index < -0.39 is 0 Å². The Morgan fingerprint density at radius 3 is 2.81 bits per heavy atom. The summed E-state index contributed by atoms with van der Waals surface area (Å²) in [6.45, 7) is 3.85. The molecule has 0 unspecified atom stereocenters. The van der Waals surface area contributed by atoms with Gasteiger partial charge in [0.15, 0.2) is 0 Å². The molecular formula is C22H19N3O. The van der Waals surface area contributed by atoms with Gasteiger partial charge in [0.25, 0.3) is 5.91 Å². The lowest BCUT2D eigenvalue weighted by molar-refractivity contribution is 0.101.